The molecule has 0 N–H and O–H groups in total. The van der Waals surface area contributed by atoms with Crippen LogP contribution in [0, 0.1) is 17.8 Å². The van der Waals surface area contributed by atoms with E-state index in [0.29, 0.717) is 35.2 Å². The van der Waals surface area contributed by atoms with Gasteiger partial charge in [0.1, 0.15) is 5.75 Å². The molecule has 0 radical (unpaired) electrons. The smallest absolute Gasteiger partial charge is 0.337 e. The Morgan fingerprint density at radius 1 is 1.11 bits per heavy atom. The molecule has 9 heteroatoms. The fourth-order valence-electron chi connectivity index (χ4n) is 8.69. The summed E-state index contributed by atoms with van der Waals surface area (Å²) in [5.41, 5.74) is 4.06. The first-order valence-electron chi connectivity index (χ1n) is 16.8. The maximum Gasteiger partial charge on any atom is 0.337 e. The highest BCUT2D eigenvalue weighted by Gasteiger charge is 2.46. The number of aromatic nitrogens is 2. The maximum atomic E-state index is 12.6. The number of anilines is 1. The Hall–Kier alpha value is -2.81. The molecule has 6 atom stereocenters. The Bertz CT molecular complexity index is 1540. The number of hydrogen-bond acceptors (Lipinski definition) is 8. The van der Waals surface area contributed by atoms with E-state index >= 15 is 0 Å². The van der Waals surface area contributed by atoms with Gasteiger partial charge in [-0.1, -0.05) is 35.9 Å². The molecule has 7 rings (SSSR count). The summed E-state index contributed by atoms with van der Waals surface area (Å²) in [7, 11) is 3.35. The number of aryl methyl sites for hydroxylation is 1. The third kappa shape index (κ3) is 6.37. The van der Waals surface area contributed by atoms with E-state index in [4.69, 9.17) is 25.8 Å². The lowest BCUT2D eigenvalue weighted by Crippen LogP contribution is -2.51. The summed E-state index contributed by atoms with van der Waals surface area (Å²) in [5, 5.41) is 2.18. The highest BCUT2D eigenvalue weighted by Crippen LogP contribution is 2.49. The fourth-order valence-corrected chi connectivity index (χ4v) is 10.1. The van der Waals surface area contributed by atoms with E-state index in [0.717, 1.165) is 60.4 Å². The zero-order chi connectivity index (χ0) is 31.7. The van der Waals surface area contributed by atoms with Crippen LogP contribution in [0.4, 0.5) is 5.69 Å². The van der Waals surface area contributed by atoms with E-state index in [2.05, 4.69) is 27.0 Å². The number of carbonyl (C=O) groups is 1. The molecule has 4 aliphatic rings. The Labute approximate surface area is 281 Å². The van der Waals surface area contributed by atoms with Gasteiger partial charge in [0, 0.05) is 48.3 Å². The van der Waals surface area contributed by atoms with Gasteiger partial charge in [0.05, 0.1) is 31.1 Å². The van der Waals surface area contributed by atoms with Gasteiger partial charge in [-0.3, -0.25) is 0 Å². The van der Waals surface area contributed by atoms with Gasteiger partial charge in [0.2, 0.25) is 0 Å². The third-order valence-electron chi connectivity index (χ3n) is 11.0. The Morgan fingerprint density at radius 2 is 1.98 bits per heavy atom. The minimum atomic E-state index is -0.328. The van der Waals surface area contributed by atoms with E-state index < -0.39 is 0 Å². The van der Waals surface area contributed by atoms with Crippen molar-refractivity contribution < 1.29 is 19.0 Å². The second kappa shape index (κ2) is 13.7. The van der Waals surface area contributed by atoms with E-state index in [1.54, 1.807) is 0 Å². The second-order valence-electron chi connectivity index (χ2n) is 13.7. The molecule has 1 spiro atoms. The van der Waals surface area contributed by atoms with Gasteiger partial charge < -0.3 is 19.1 Å². The molecular formula is C37H44ClN3O4S. The lowest BCUT2D eigenvalue weighted by atomic mass is 9.65. The highest BCUT2D eigenvalue weighted by atomic mass is 35.5. The summed E-state index contributed by atoms with van der Waals surface area (Å²) in [6.07, 6.45) is 14.2. The SMILES string of the molecule is COC(=O)c1ccc2c(c1)N(C[C@@H]1CC[C@H]1[C@@H](OC)[C@@H]1CCC[C@H](Sc3ncccn3)C1)C[C@@]1(CCCc3cc(Cl)ccc31)CO2. The Kier molecular flexibility index (Phi) is 9.49. The van der Waals surface area contributed by atoms with Crippen molar-refractivity contribution in [1.29, 1.82) is 0 Å². The molecule has 3 aromatic rings. The average Bonchev–Trinajstić information content (AvgIpc) is 3.22. The van der Waals surface area contributed by atoms with Gasteiger partial charge >= 0.3 is 5.97 Å². The number of methoxy groups -OCH3 is 2. The number of rotatable bonds is 8. The molecule has 2 aromatic carbocycles. The summed E-state index contributed by atoms with van der Waals surface area (Å²) >= 11 is 8.29. The number of halogens is 1. The van der Waals surface area contributed by atoms with E-state index in [1.165, 1.54) is 50.3 Å². The second-order valence-corrected chi connectivity index (χ2v) is 15.4. The van der Waals surface area contributed by atoms with Crippen LogP contribution < -0.4 is 9.64 Å². The molecule has 0 saturated heterocycles. The molecule has 7 nitrogen and oxygen atoms in total. The first-order chi connectivity index (χ1) is 22.5. The molecule has 46 heavy (non-hydrogen) atoms. The minimum absolute atomic E-state index is 0.157. The van der Waals surface area contributed by atoms with Crippen LogP contribution in [0.25, 0.3) is 0 Å². The summed E-state index contributed by atoms with van der Waals surface area (Å²) in [5.74, 6) is 2.02. The van der Waals surface area contributed by atoms with Crippen molar-refractivity contribution in [2.24, 2.45) is 17.8 Å². The van der Waals surface area contributed by atoms with Crippen molar-refractivity contribution in [3.05, 3.63) is 76.6 Å². The molecular weight excluding hydrogens is 618 g/mol. The molecule has 1 aliphatic heterocycles. The number of hydrogen-bond donors (Lipinski definition) is 0. The number of ether oxygens (including phenoxy) is 3. The van der Waals surface area contributed by atoms with E-state index in [-0.39, 0.29) is 17.5 Å². The Morgan fingerprint density at radius 3 is 2.76 bits per heavy atom. The number of benzene rings is 2. The number of fused-ring (bicyclic) bond motifs is 3. The molecule has 0 amide bonds. The van der Waals surface area contributed by atoms with Gasteiger partial charge in [-0.2, -0.15) is 0 Å². The van der Waals surface area contributed by atoms with Crippen molar-refractivity contribution in [3.63, 3.8) is 0 Å². The van der Waals surface area contributed by atoms with Crippen molar-refractivity contribution >= 4 is 35.0 Å². The fraction of sp³-hybridized carbons (Fsp3) is 0.541. The molecule has 2 heterocycles. The number of thioether (sulfide) groups is 1. The topological polar surface area (TPSA) is 73.8 Å². The molecule has 0 unspecified atom stereocenters. The lowest BCUT2D eigenvalue weighted by molar-refractivity contribution is -0.0587. The van der Waals surface area contributed by atoms with Crippen LogP contribution in [-0.2, 0) is 21.3 Å². The summed E-state index contributed by atoms with van der Waals surface area (Å²) in [4.78, 5) is 24.1. The monoisotopic (exact) mass is 661 g/mol. The molecule has 244 valence electrons. The van der Waals surface area contributed by atoms with Gasteiger partial charge in [-0.25, -0.2) is 14.8 Å². The number of esters is 1. The van der Waals surface area contributed by atoms with Crippen LogP contribution in [0.1, 0.15) is 72.9 Å². The van der Waals surface area contributed by atoms with Crippen LogP contribution in [0.15, 0.2) is 60.0 Å². The quantitative estimate of drug-likeness (QED) is 0.179. The van der Waals surface area contributed by atoms with Crippen LogP contribution in [0.5, 0.6) is 5.75 Å². The summed E-state index contributed by atoms with van der Waals surface area (Å²) < 4.78 is 18.1. The van der Waals surface area contributed by atoms with Crippen molar-refractivity contribution in [2.75, 3.05) is 38.8 Å². The molecule has 2 saturated carbocycles. The molecule has 3 aliphatic carbocycles. The average molecular weight is 662 g/mol. The van der Waals surface area contributed by atoms with Crippen LogP contribution in [-0.4, -0.2) is 61.2 Å². The van der Waals surface area contributed by atoms with Crippen molar-refractivity contribution in [2.45, 2.75) is 79.7 Å². The largest absolute Gasteiger partial charge is 0.490 e. The number of carbonyl (C=O) groups excluding carboxylic acids is 1. The standard InChI is InChI=1S/C37H44ClN3O4S/c1-43-34(25-6-3-8-29(19-25)46-36-39-16-5-17-40-36)30-12-9-27(30)21-41-22-37(15-4-7-24-18-28(38)11-13-31(24)37)23-45-33-14-10-26(20-32(33)41)35(42)44-2/h5,10-11,13-14,16-18,20,25,27,29-30,34H,3-4,6-9,12,15,19,21-23H2,1-2H3/t25-,27+,29+,30-,34+,37+/m1/s1. The summed E-state index contributed by atoms with van der Waals surface area (Å²) in [6, 6.07) is 14.0. The van der Waals surface area contributed by atoms with Crippen LogP contribution >= 0.6 is 23.4 Å². The Balaban J connectivity index is 1.15. The van der Waals surface area contributed by atoms with Gasteiger partial charge in [0.25, 0.3) is 0 Å². The molecule has 0 bridgehead atoms. The lowest BCUT2D eigenvalue weighted by Gasteiger charge is -2.48. The van der Waals surface area contributed by atoms with E-state index in [1.807, 2.05) is 61.6 Å². The van der Waals surface area contributed by atoms with Crippen LogP contribution in [0.3, 0.4) is 0 Å². The predicted molar refractivity (Wildman–Crippen MR) is 182 cm³/mol. The number of nitrogens with zero attached hydrogens (tertiary/aromatic N) is 3. The van der Waals surface area contributed by atoms with Crippen molar-refractivity contribution in [3.8, 4) is 5.75 Å². The van der Waals surface area contributed by atoms with Crippen molar-refractivity contribution in [1.82, 2.24) is 9.97 Å². The van der Waals surface area contributed by atoms with E-state index in [9.17, 15) is 4.79 Å². The molecule has 2 fully saturated rings. The summed E-state index contributed by atoms with van der Waals surface area (Å²) in [6.45, 7) is 2.34. The first-order valence-corrected chi connectivity index (χ1v) is 18.1. The first kappa shape index (κ1) is 31.8. The maximum absolute atomic E-state index is 12.6. The molecule has 1 aromatic heterocycles. The van der Waals surface area contributed by atoms with Gasteiger partial charge in [0.15, 0.2) is 5.16 Å². The predicted octanol–water partition coefficient (Wildman–Crippen LogP) is 7.78. The normalized spacial score (nSPS) is 27.8. The highest BCUT2D eigenvalue weighted by molar-refractivity contribution is 7.99. The third-order valence-corrected chi connectivity index (χ3v) is 12.4. The zero-order valence-electron chi connectivity index (χ0n) is 26.8. The van der Waals surface area contributed by atoms with Crippen LogP contribution in [0.2, 0.25) is 5.02 Å². The van der Waals surface area contributed by atoms with Gasteiger partial charge in [-0.05, 0) is 117 Å². The van der Waals surface area contributed by atoms with Gasteiger partial charge in [-0.15, -0.1) is 0 Å². The zero-order valence-corrected chi connectivity index (χ0v) is 28.4. The minimum Gasteiger partial charge on any atom is -0.490 e.